The predicted molar refractivity (Wildman–Crippen MR) is 67.4 cm³/mol. The normalized spacial score (nSPS) is 33.9. The first kappa shape index (κ1) is 13.2. The molecular weight excluding hydrogens is 266 g/mol. The number of anilines is 1. The van der Waals surface area contributed by atoms with E-state index >= 15 is 0 Å². The van der Waals surface area contributed by atoms with Crippen molar-refractivity contribution in [3.05, 3.63) is 12.3 Å². The maximum atomic E-state index is 10.4. The molecule has 0 spiro atoms. The molecule has 3 heterocycles. The van der Waals surface area contributed by atoms with Crippen molar-refractivity contribution < 1.29 is 20.1 Å². The van der Waals surface area contributed by atoms with Gasteiger partial charge in [-0.25, -0.2) is 0 Å². The number of nitrogens with zero attached hydrogens (tertiary/aromatic N) is 4. The minimum atomic E-state index is -1.58. The fourth-order valence-corrected chi connectivity index (χ4v) is 2.49. The summed E-state index contributed by atoms with van der Waals surface area (Å²) in [6.45, 7) is 1.03. The van der Waals surface area contributed by atoms with Gasteiger partial charge in [-0.15, -0.1) is 10.2 Å². The second-order valence-corrected chi connectivity index (χ2v) is 5.02. The number of hydrogen-bond donors (Lipinski definition) is 4. The number of aromatic nitrogens is 4. The van der Waals surface area contributed by atoms with Crippen LogP contribution < -0.4 is 5.73 Å². The highest BCUT2D eigenvalue weighted by molar-refractivity contribution is 5.85. The Hall–Kier alpha value is -1.81. The number of aliphatic hydroxyl groups excluding tert-OH is 2. The fraction of sp³-hybridized carbons (Fsp3) is 0.545. The molecule has 2 aromatic heterocycles. The molecule has 3 rings (SSSR count). The summed E-state index contributed by atoms with van der Waals surface area (Å²) in [4.78, 5) is 0. The van der Waals surface area contributed by atoms with E-state index in [1.165, 1.54) is 11.5 Å². The molecule has 108 valence electrons. The van der Waals surface area contributed by atoms with E-state index in [1.54, 1.807) is 12.3 Å². The van der Waals surface area contributed by atoms with Gasteiger partial charge in [0.1, 0.15) is 17.8 Å². The number of ether oxygens (including phenoxy) is 1. The van der Waals surface area contributed by atoms with Crippen LogP contribution in [0.4, 0.5) is 5.82 Å². The van der Waals surface area contributed by atoms with Crippen molar-refractivity contribution in [1.82, 2.24) is 20.0 Å². The number of fused-ring (bicyclic) bond motifs is 1. The van der Waals surface area contributed by atoms with E-state index in [1.807, 2.05) is 0 Å². The molecule has 20 heavy (non-hydrogen) atoms. The van der Waals surface area contributed by atoms with Crippen LogP contribution in [0.5, 0.6) is 0 Å². The molecule has 0 aromatic carbocycles. The summed E-state index contributed by atoms with van der Waals surface area (Å²) in [6.07, 6.45) is -1.40. The first-order valence-corrected chi connectivity index (χ1v) is 6.09. The minimum Gasteiger partial charge on any atom is -0.394 e. The Bertz CT molecular complexity index is 643. The highest BCUT2D eigenvalue weighted by Gasteiger charge is 2.53. The van der Waals surface area contributed by atoms with Gasteiger partial charge in [-0.2, -0.15) is 0 Å². The first-order chi connectivity index (χ1) is 9.46. The van der Waals surface area contributed by atoms with Crippen LogP contribution in [0.15, 0.2) is 12.3 Å². The van der Waals surface area contributed by atoms with Crippen molar-refractivity contribution >= 4 is 16.9 Å². The average Bonchev–Trinajstić information content (AvgIpc) is 2.92. The molecule has 0 aliphatic carbocycles. The Balaban J connectivity index is 2.10. The molecule has 0 bridgehead atoms. The van der Waals surface area contributed by atoms with Gasteiger partial charge in [0.25, 0.3) is 0 Å². The zero-order chi connectivity index (χ0) is 14.5. The molecule has 0 amide bonds. The van der Waals surface area contributed by atoms with E-state index in [2.05, 4.69) is 15.4 Å². The molecule has 1 unspecified atom stereocenters. The molecule has 1 saturated heterocycles. The third kappa shape index (κ3) is 1.68. The maximum Gasteiger partial charge on any atom is 0.170 e. The molecule has 5 N–H and O–H groups in total. The lowest BCUT2D eigenvalue weighted by Crippen LogP contribution is -2.44. The molecule has 9 heteroatoms. The topological polar surface area (TPSA) is 140 Å². The van der Waals surface area contributed by atoms with E-state index in [4.69, 9.17) is 10.5 Å². The van der Waals surface area contributed by atoms with Crippen LogP contribution in [0.3, 0.4) is 0 Å². The van der Waals surface area contributed by atoms with Gasteiger partial charge < -0.3 is 30.4 Å². The Morgan fingerprint density at radius 2 is 2.25 bits per heavy atom. The van der Waals surface area contributed by atoms with Crippen molar-refractivity contribution in [2.24, 2.45) is 0 Å². The van der Waals surface area contributed by atoms with Crippen molar-refractivity contribution in [3.63, 3.8) is 0 Å². The zero-order valence-electron chi connectivity index (χ0n) is 10.7. The molecule has 0 radical (unpaired) electrons. The standard InChI is InChI=1S/C11H15N5O4/c1-11(19)7(18)6(4-17)20-10(11)16-3-2-5-8(12)13-15-14-9(5)16/h2-3,6-7,10,17-19H,4H2,1H3,(H2,12,13,14)/t6-,7?,10-,11+/m1/s1. The maximum absolute atomic E-state index is 10.4. The van der Waals surface area contributed by atoms with Gasteiger partial charge in [-0.1, -0.05) is 0 Å². The Kier molecular flexibility index (Phi) is 2.87. The van der Waals surface area contributed by atoms with Gasteiger partial charge in [-0.3, -0.25) is 0 Å². The number of nitrogen functional groups attached to an aromatic ring is 1. The molecule has 0 saturated carbocycles. The van der Waals surface area contributed by atoms with Crippen LogP contribution in [-0.2, 0) is 4.74 Å². The summed E-state index contributed by atoms with van der Waals surface area (Å²) in [7, 11) is 0. The largest absolute Gasteiger partial charge is 0.394 e. The van der Waals surface area contributed by atoms with Crippen LogP contribution in [0.2, 0.25) is 0 Å². The molecule has 1 fully saturated rings. The smallest absolute Gasteiger partial charge is 0.170 e. The van der Waals surface area contributed by atoms with Gasteiger partial charge in [-0.05, 0) is 18.2 Å². The Labute approximate surface area is 113 Å². The summed E-state index contributed by atoms with van der Waals surface area (Å²) in [5.74, 6) is 0.214. The second-order valence-electron chi connectivity index (χ2n) is 5.02. The summed E-state index contributed by atoms with van der Waals surface area (Å²) in [5, 5.41) is 41.2. The number of aliphatic hydroxyl groups is 3. The van der Waals surface area contributed by atoms with Crippen molar-refractivity contribution in [2.75, 3.05) is 12.3 Å². The Morgan fingerprint density at radius 1 is 1.50 bits per heavy atom. The molecule has 9 nitrogen and oxygen atoms in total. The van der Waals surface area contributed by atoms with E-state index in [9.17, 15) is 15.3 Å². The van der Waals surface area contributed by atoms with E-state index in [0.29, 0.717) is 11.0 Å². The van der Waals surface area contributed by atoms with E-state index < -0.39 is 30.6 Å². The number of rotatable bonds is 2. The minimum absolute atomic E-state index is 0.214. The van der Waals surface area contributed by atoms with Crippen LogP contribution in [0.25, 0.3) is 11.0 Å². The lowest BCUT2D eigenvalue weighted by Gasteiger charge is -2.27. The van der Waals surface area contributed by atoms with Gasteiger partial charge in [0.05, 0.1) is 12.0 Å². The first-order valence-electron chi connectivity index (χ1n) is 6.09. The third-order valence-electron chi connectivity index (χ3n) is 3.64. The van der Waals surface area contributed by atoms with E-state index in [0.717, 1.165) is 0 Å². The third-order valence-corrected chi connectivity index (χ3v) is 3.64. The van der Waals surface area contributed by atoms with Crippen LogP contribution >= 0.6 is 0 Å². The predicted octanol–water partition coefficient (Wildman–Crippen LogP) is -1.59. The van der Waals surface area contributed by atoms with Gasteiger partial charge in [0, 0.05) is 6.20 Å². The zero-order valence-corrected chi connectivity index (χ0v) is 10.7. The average molecular weight is 281 g/mol. The lowest BCUT2D eigenvalue weighted by atomic mass is 9.96. The summed E-state index contributed by atoms with van der Waals surface area (Å²) < 4.78 is 7.03. The second kappa shape index (κ2) is 4.35. The molecular formula is C11H15N5O4. The SMILES string of the molecule is C[C@]1(O)C(O)[C@@H](CO)O[C@H]1n1ccc2c(N)nnnc21. The quantitative estimate of drug-likeness (QED) is 0.516. The van der Waals surface area contributed by atoms with Gasteiger partial charge >= 0.3 is 0 Å². The highest BCUT2D eigenvalue weighted by atomic mass is 16.6. The molecule has 4 atom stereocenters. The van der Waals surface area contributed by atoms with Crippen LogP contribution in [0.1, 0.15) is 13.2 Å². The summed E-state index contributed by atoms with van der Waals surface area (Å²) >= 11 is 0. The van der Waals surface area contributed by atoms with Crippen LogP contribution in [0, 0.1) is 0 Å². The molecule has 2 aromatic rings. The highest BCUT2D eigenvalue weighted by Crippen LogP contribution is 2.39. The monoisotopic (exact) mass is 281 g/mol. The van der Waals surface area contributed by atoms with E-state index in [-0.39, 0.29) is 5.82 Å². The van der Waals surface area contributed by atoms with Crippen LogP contribution in [-0.4, -0.2) is 59.7 Å². The number of nitrogens with two attached hydrogens (primary N) is 1. The Morgan fingerprint density at radius 3 is 2.90 bits per heavy atom. The fourth-order valence-electron chi connectivity index (χ4n) is 2.49. The van der Waals surface area contributed by atoms with Crippen molar-refractivity contribution in [2.45, 2.75) is 31.0 Å². The van der Waals surface area contributed by atoms with Crippen molar-refractivity contribution in [3.8, 4) is 0 Å². The lowest BCUT2D eigenvalue weighted by molar-refractivity contribution is -0.0948. The molecule has 1 aliphatic rings. The van der Waals surface area contributed by atoms with Gasteiger partial charge in [0.2, 0.25) is 0 Å². The summed E-state index contributed by atoms with van der Waals surface area (Å²) in [5.41, 5.74) is 4.50. The van der Waals surface area contributed by atoms with Crippen molar-refractivity contribution in [1.29, 1.82) is 0 Å². The summed E-state index contributed by atoms with van der Waals surface area (Å²) in [6, 6.07) is 1.67. The molecule has 1 aliphatic heterocycles. The number of hydrogen-bond acceptors (Lipinski definition) is 8. The van der Waals surface area contributed by atoms with Gasteiger partial charge in [0.15, 0.2) is 17.7 Å².